The summed E-state index contributed by atoms with van der Waals surface area (Å²) in [6, 6.07) is 4.03. The molecule has 0 saturated carbocycles. The molecular weight excluding hydrogens is 251 g/mol. The molecule has 0 aliphatic carbocycles. The Morgan fingerprint density at radius 3 is 1.33 bits per heavy atom. The van der Waals surface area contributed by atoms with Crippen molar-refractivity contribution in [2.45, 2.75) is 64.6 Å². The van der Waals surface area contributed by atoms with Crippen LogP contribution in [0.15, 0.2) is 0 Å². The lowest BCUT2D eigenvalue weighted by atomic mass is 10.0. The summed E-state index contributed by atoms with van der Waals surface area (Å²) in [7, 11) is -2.49. The fourth-order valence-corrected chi connectivity index (χ4v) is 2.63. The van der Waals surface area contributed by atoms with Gasteiger partial charge in [0, 0.05) is 4.57 Å². The second-order valence-electron chi connectivity index (χ2n) is 4.03. The lowest BCUT2D eigenvalue weighted by Gasteiger charge is -2.18. The van der Waals surface area contributed by atoms with E-state index in [0.29, 0.717) is 25.7 Å². The van der Waals surface area contributed by atoms with Crippen LogP contribution in [0.1, 0.15) is 53.4 Å². The van der Waals surface area contributed by atoms with Crippen LogP contribution < -0.4 is 0 Å². The maximum atomic E-state index is 11.8. The van der Waals surface area contributed by atoms with Crippen LogP contribution in [0.4, 0.5) is 0 Å². The van der Waals surface area contributed by atoms with Crippen LogP contribution in [0.25, 0.3) is 0 Å². The Morgan fingerprint density at radius 1 is 0.889 bits per heavy atom. The molecule has 0 radical (unpaired) electrons. The van der Waals surface area contributed by atoms with E-state index in [-0.39, 0.29) is 0 Å². The van der Waals surface area contributed by atoms with Crippen molar-refractivity contribution in [3.63, 3.8) is 0 Å². The van der Waals surface area contributed by atoms with Crippen LogP contribution in [0, 0.1) is 22.7 Å². The van der Waals surface area contributed by atoms with Crippen LogP contribution in [0.5, 0.6) is 0 Å². The molecule has 5 nitrogen and oxygen atoms in total. The monoisotopic (exact) mass is 271 g/mol. The van der Waals surface area contributed by atoms with Gasteiger partial charge in [0.05, 0.1) is 0 Å². The van der Waals surface area contributed by atoms with Gasteiger partial charge >= 0.3 is 8.25 Å². The number of nitrogens with zero attached hydrogens (tertiary/aromatic N) is 2. The summed E-state index contributed by atoms with van der Waals surface area (Å²) < 4.78 is 22.3. The largest absolute Gasteiger partial charge is 0.700 e. The lowest BCUT2D eigenvalue weighted by Crippen LogP contribution is -2.30. The number of nitriles is 2. The van der Waals surface area contributed by atoms with Gasteiger partial charge in [0.2, 0.25) is 11.2 Å². The van der Waals surface area contributed by atoms with Crippen LogP contribution >= 0.6 is 8.25 Å². The summed E-state index contributed by atoms with van der Waals surface area (Å²) in [4.78, 5) is 0. The highest BCUT2D eigenvalue weighted by atomic mass is 31.1. The van der Waals surface area contributed by atoms with Gasteiger partial charge in [-0.05, 0) is 25.7 Å². The minimum Gasteiger partial charge on any atom is -0.195 e. The van der Waals surface area contributed by atoms with Gasteiger partial charge in [0.15, 0.2) is 0 Å². The van der Waals surface area contributed by atoms with E-state index in [1.54, 1.807) is 27.7 Å². The van der Waals surface area contributed by atoms with Crippen molar-refractivity contribution in [3.8, 4) is 12.1 Å². The van der Waals surface area contributed by atoms with Gasteiger partial charge < -0.3 is 0 Å². The average molecular weight is 271 g/mol. The third kappa shape index (κ3) is 4.03. The molecule has 0 amide bonds. The first-order valence-electron chi connectivity index (χ1n) is 6.15. The maximum absolute atomic E-state index is 11.8. The summed E-state index contributed by atoms with van der Waals surface area (Å²) in [5.41, 5.74) is -2.20. The number of hydrogen-bond acceptors (Lipinski definition) is 5. The minimum absolute atomic E-state index is 0.419. The smallest absolute Gasteiger partial charge is 0.195 e. The predicted molar refractivity (Wildman–Crippen MR) is 67.6 cm³/mol. The van der Waals surface area contributed by atoms with Crippen molar-refractivity contribution in [1.82, 2.24) is 0 Å². The van der Waals surface area contributed by atoms with Gasteiger partial charge in [-0.2, -0.15) is 10.5 Å². The Balaban J connectivity index is 4.81. The molecule has 100 valence electrons. The summed E-state index contributed by atoms with van der Waals surface area (Å²) >= 11 is 0. The van der Waals surface area contributed by atoms with Gasteiger partial charge in [-0.15, -0.1) is 0 Å². The molecule has 0 N–H and O–H groups in total. The molecule has 6 heteroatoms. The summed E-state index contributed by atoms with van der Waals surface area (Å²) in [6.45, 7) is 7.14. The molecule has 0 aliphatic heterocycles. The summed E-state index contributed by atoms with van der Waals surface area (Å²) in [6.07, 6.45) is 1.68. The zero-order valence-corrected chi connectivity index (χ0v) is 12.3. The Bertz CT molecular complexity index is 328. The van der Waals surface area contributed by atoms with E-state index in [0.717, 1.165) is 0 Å². The quantitative estimate of drug-likeness (QED) is 0.626. The van der Waals surface area contributed by atoms with Crippen molar-refractivity contribution in [3.05, 3.63) is 0 Å². The van der Waals surface area contributed by atoms with Crippen LogP contribution in [0.3, 0.4) is 0 Å². The predicted octanol–water partition coefficient (Wildman–Crippen LogP) is 3.84. The maximum Gasteiger partial charge on any atom is 0.700 e. The second kappa shape index (κ2) is 7.44. The SMILES string of the molecule is CCC(C#N)(CC)O[P+](=O)OC(C#N)(CC)CC. The van der Waals surface area contributed by atoms with Gasteiger partial charge in [-0.1, -0.05) is 36.7 Å². The van der Waals surface area contributed by atoms with Gasteiger partial charge in [0.1, 0.15) is 12.1 Å². The molecule has 0 heterocycles. The first-order chi connectivity index (χ1) is 8.46. The molecule has 0 saturated heterocycles. The number of rotatable bonds is 8. The van der Waals surface area contributed by atoms with Crippen molar-refractivity contribution in [2.24, 2.45) is 0 Å². The zero-order chi connectivity index (χ0) is 14.2. The Labute approximate surface area is 110 Å². The third-order valence-corrected chi connectivity index (χ3v) is 4.19. The Hall–Kier alpha value is -1.00. The van der Waals surface area contributed by atoms with Crippen LogP contribution in [-0.2, 0) is 13.6 Å². The van der Waals surface area contributed by atoms with Crippen LogP contribution in [-0.4, -0.2) is 11.2 Å². The normalized spacial score (nSPS) is 11.7. The molecule has 0 aromatic heterocycles. The first kappa shape index (κ1) is 17.0. The van der Waals surface area contributed by atoms with E-state index in [1.165, 1.54) is 0 Å². The highest BCUT2D eigenvalue weighted by Gasteiger charge is 2.45. The lowest BCUT2D eigenvalue weighted by molar-refractivity contribution is 0.0548. The van der Waals surface area contributed by atoms with Gasteiger partial charge in [-0.3, -0.25) is 0 Å². The Kier molecular flexibility index (Phi) is 7.02. The molecule has 0 spiro atoms. The summed E-state index contributed by atoms with van der Waals surface area (Å²) in [5.74, 6) is 0. The summed E-state index contributed by atoms with van der Waals surface area (Å²) in [5, 5.41) is 18.1. The average Bonchev–Trinajstić information content (AvgIpc) is 2.42. The molecule has 0 unspecified atom stereocenters. The molecule has 0 aliphatic rings. The number of hydrogen-bond donors (Lipinski definition) is 0. The first-order valence-corrected chi connectivity index (χ1v) is 7.24. The fourth-order valence-electron chi connectivity index (χ4n) is 1.42. The second-order valence-corrected chi connectivity index (χ2v) is 4.84. The minimum atomic E-state index is -2.49. The highest BCUT2D eigenvalue weighted by Crippen LogP contribution is 2.40. The molecule has 0 rings (SSSR count). The van der Waals surface area contributed by atoms with Crippen molar-refractivity contribution in [1.29, 1.82) is 10.5 Å². The molecular formula is C12H20N2O3P+. The highest BCUT2D eigenvalue weighted by molar-refractivity contribution is 7.33. The van der Waals surface area contributed by atoms with E-state index < -0.39 is 19.5 Å². The van der Waals surface area contributed by atoms with Gasteiger partial charge in [-0.25, -0.2) is 0 Å². The van der Waals surface area contributed by atoms with E-state index in [9.17, 15) is 4.57 Å². The third-order valence-electron chi connectivity index (χ3n) is 3.19. The standard InChI is InChI=1S/C12H20N2O3P/c1-5-11(6-2,9-13)16-18(15)17-12(7-3,8-4)10-14/h5-8H2,1-4H3/q+1. The molecule has 0 aromatic carbocycles. The topological polar surface area (TPSA) is 83.1 Å². The van der Waals surface area contributed by atoms with Crippen molar-refractivity contribution < 1.29 is 13.6 Å². The van der Waals surface area contributed by atoms with Crippen molar-refractivity contribution in [2.75, 3.05) is 0 Å². The van der Waals surface area contributed by atoms with E-state index in [2.05, 4.69) is 0 Å². The van der Waals surface area contributed by atoms with Crippen molar-refractivity contribution >= 4 is 8.25 Å². The van der Waals surface area contributed by atoms with E-state index in [4.69, 9.17) is 19.6 Å². The van der Waals surface area contributed by atoms with Crippen LogP contribution in [0.2, 0.25) is 0 Å². The van der Waals surface area contributed by atoms with E-state index >= 15 is 0 Å². The molecule has 0 fully saturated rings. The molecule has 0 aromatic rings. The van der Waals surface area contributed by atoms with Gasteiger partial charge in [0.25, 0.3) is 0 Å². The zero-order valence-electron chi connectivity index (χ0n) is 11.4. The molecule has 0 atom stereocenters. The molecule has 18 heavy (non-hydrogen) atoms. The molecule has 0 bridgehead atoms. The Morgan fingerprint density at radius 2 is 1.17 bits per heavy atom. The fraction of sp³-hybridized carbons (Fsp3) is 0.833. The van der Waals surface area contributed by atoms with E-state index in [1.807, 2.05) is 12.1 Å².